The molecule has 4 aliphatic rings. The van der Waals surface area contributed by atoms with Crippen molar-refractivity contribution in [2.75, 3.05) is 0 Å². The number of allylic oxidation sites excluding steroid dienone is 3. The van der Waals surface area contributed by atoms with Crippen LogP contribution in [0.15, 0.2) is 57.6 Å². The molecule has 1 N–H and O–H groups in total. The lowest BCUT2D eigenvalue weighted by Crippen LogP contribution is -2.40. The monoisotopic (exact) mass is 480 g/mol. The second kappa shape index (κ2) is 9.53. The molecular formula is C28H32O7. The molecule has 4 rings (SSSR count). The van der Waals surface area contributed by atoms with E-state index in [0.717, 1.165) is 25.7 Å². The van der Waals surface area contributed by atoms with E-state index in [-0.39, 0.29) is 40.8 Å². The van der Waals surface area contributed by atoms with Gasteiger partial charge in [0.05, 0.1) is 17.9 Å². The van der Waals surface area contributed by atoms with Gasteiger partial charge in [0.1, 0.15) is 11.3 Å². The Morgan fingerprint density at radius 2 is 1.91 bits per heavy atom. The molecule has 7 heteroatoms. The quantitative estimate of drug-likeness (QED) is 0.316. The van der Waals surface area contributed by atoms with Gasteiger partial charge in [0, 0.05) is 23.5 Å². The van der Waals surface area contributed by atoms with Gasteiger partial charge in [-0.25, -0.2) is 4.79 Å². The summed E-state index contributed by atoms with van der Waals surface area (Å²) in [6.07, 6.45) is 8.72. The highest BCUT2D eigenvalue weighted by atomic mass is 16.6. The molecule has 2 unspecified atom stereocenters. The fourth-order valence-corrected chi connectivity index (χ4v) is 5.28. The van der Waals surface area contributed by atoms with Gasteiger partial charge in [0.25, 0.3) is 0 Å². The Kier molecular flexibility index (Phi) is 6.82. The summed E-state index contributed by atoms with van der Waals surface area (Å²) in [6.45, 7) is 7.18. The molecule has 7 nitrogen and oxygen atoms in total. The first-order chi connectivity index (χ1) is 16.6. The van der Waals surface area contributed by atoms with Gasteiger partial charge in [-0.3, -0.25) is 14.4 Å². The molecular weight excluding hydrogens is 448 g/mol. The van der Waals surface area contributed by atoms with Crippen molar-refractivity contribution in [3.63, 3.8) is 0 Å². The van der Waals surface area contributed by atoms with Crippen LogP contribution in [0.4, 0.5) is 0 Å². The van der Waals surface area contributed by atoms with E-state index in [1.54, 1.807) is 19.9 Å². The highest BCUT2D eigenvalue weighted by molar-refractivity contribution is 6.24. The minimum atomic E-state index is -1.59. The van der Waals surface area contributed by atoms with Gasteiger partial charge in [0.15, 0.2) is 17.2 Å². The minimum absolute atomic E-state index is 0.00226. The van der Waals surface area contributed by atoms with E-state index >= 15 is 0 Å². The summed E-state index contributed by atoms with van der Waals surface area (Å²) in [5.41, 5.74) is 0.545. The van der Waals surface area contributed by atoms with Gasteiger partial charge in [-0.05, 0) is 44.4 Å². The van der Waals surface area contributed by atoms with Crippen molar-refractivity contribution in [1.82, 2.24) is 0 Å². The summed E-state index contributed by atoms with van der Waals surface area (Å²) in [6, 6.07) is 0. The van der Waals surface area contributed by atoms with Crippen molar-refractivity contribution >= 4 is 23.3 Å². The number of hydrogen-bond acceptors (Lipinski definition) is 7. The maximum absolute atomic E-state index is 13.4. The number of esters is 1. The summed E-state index contributed by atoms with van der Waals surface area (Å²) >= 11 is 0. The number of aliphatic hydroxyl groups is 1. The maximum atomic E-state index is 13.4. The third-order valence-electron chi connectivity index (χ3n) is 7.25. The predicted molar refractivity (Wildman–Crippen MR) is 128 cm³/mol. The van der Waals surface area contributed by atoms with Gasteiger partial charge >= 0.3 is 5.97 Å². The van der Waals surface area contributed by atoms with E-state index in [2.05, 4.69) is 6.92 Å². The number of unbranched alkanes of at least 4 members (excludes halogenated alkanes) is 3. The normalized spacial score (nSPS) is 26.9. The van der Waals surface area contributed by atoms with E-state index in [1.807, 2.05) is 0 Å². The summed E-state index contributed by atoms with van der Waals surface area (Å²) in [7, 11) is 0. The molecule has 0 fully saturated rings. The Bertz CT molecular complexity index is 1160. The van der Waals surface area contributed by atoms with Crippen LogP contribution in [-0.2, 0) is 28.7 Å². The van der Waals surface area contributed by atoms with Gasteiger partial charge in [-0.2, -0.15) is 0 Å². The van der Waals surface area contributed by atoms with Crippen LogP contribution in [0.5, 0.6) is 0 Å². The van der Waals surface area contributed by atoms with Crippen LogP contribution >= 0.6 is 0 Å². The van der Waals surface area contributed by atoms with Crippen LogP contribution in [0.2, 0.25) is 0 Å². The molecule has 2 heterocycles. The van der Waals surface area contributed by atoms with E-state index in [0.29, 0.717) is 35.1 Å². The van der Waals surface area contributed by atoms with Crippen LogP contribution in [0.25, 0.3) is 0 Å². The lowest BCUT2D eigenvalue weighted by atomic mass is 9.74. The van der Waals surface area contributed by atoms with Gasteiger partial charge in [-0.1, -0.05) is 45.1 Å². The largest absolute Gasteiger partial charge is 0.464 e. The van der Waals surface area contributed by atoms with Crippen LogP contribution < -0.4 is 0 Å². The molecule has 186 valence electrons. The highest BCUT2D eigenvalue weighted by Gasteiger charge is 2.55. The van der Waals surface area contributed by atoms with E-state index < -0.39 is 23.5 Å². The molecule has 0 spiro atoms. The van der Waals surface area contributed by atoms with Crippen molar-refractivity contribution in [3.05, 3.63) is 57.6 Å². The SMILES string of the molecule is CCCCCCC(C)C(=O)C1=C2C3=COC(C4=C(C)CC(O)CC4=O)=CC3=CC(=O)[C@]2(C)OC1=O. The summed E-state index contributed by atoms with van der Waals surface area (Å²) in [5.74, 6) is -1.90. The van der Waals surface area contributed by atoms with Crippen molar-refractivity contribution in [3.8, 4) is 0 Å². The van der Waals surface area contributed by atoms with Crippen molar-refractivity contribution < 1.29 is 33.8 Å². The molecule has 0 aromatic rings. The fourth-order valence-electron chi connectivity index (χ4n) is 5.28. The molecule has 35 heavy (non-hydrogen) atoms. The summed E-state index contributed by atoms with van der Waals surface area (Å²) < 4.78 is 11.3. The van der Waals surface area contributed by atoms with Crippen molar-refractivity contribution in [2.45, 2.75) is 84.3 Å². The van der Waals surface area contributed by atoms with Gasteiger partial charge < -0.3 is 14.6 Å². The molecule has 0 saturated heterocycles. The van der Waals surface area contributed by atoms with E-state index in [1.165, 1.54) is 19.3 Å². The zero-order valence-corrected chi connectivity index (χ0v) is 20.7. The Labute approximate surface area is 205 Å². The van der Waals surface area contributed by atoms with Crippen molar-refractivity contribution in [2.24, 2.45) is 5.92 Å². The van der Waals surface area contributed by atoms with Crippen LogP contribution in [0.3, 0.4) is 0 Å². The molecule has 2 aliphatic carbocycles. The number of carbonyl (C=O) groups excluding carboxylic acids is 4. The summed E-state index contributed by atoms with van der Waals surface area (Å²) in [4.78, 5) is 52.0. The second-order valence-corrected chi connectivity index (χ2v) is 10.0. The maximum Gasteiger partial charge on any atom is 0.343 e. The molecule has 0 bridgehead atoms. The second-order valence-electron chi connectivity index (χ2n) is 10.0. The Balaban J connectivity index is 1.71. The highest BCUT2D eigenvalue weighted by Crippen LogP contribution is 2.47. The first kappa shape index (κ1) is 25.0. The number of aliphatic hydroxyl groups excluding tert-OH is 1. The zero-order valence-electron chi connectivity index (χ0n) is 20.7. The molecule has 0 aromatic carbocycles. The standard InChI is InChI=1S/C28H32O7/c1-5-6-7-8-9-15(2)26(32)24-25-19-14-34-21(23-16(3)10-18(29)13-20(23)30)11-17(19)12-22(31)28(25,4)35-27(24)33/h11-12,14-15,18,29H,5-10,13H2,1-4H3/t15?,18?,28-/m0/s1. The smallest absolute Gasteiger partial charge is 0.343 e. The first-order valence-electron chi connectivity index (χ1n) is 12.4. The lowest BCUT2D eigenvalue weighted by molar-refractivity contribution is -0.153. The first-order valence-corrected chi connectivity index (χ1v) is 12.4. The number of hydrogen-bond donors (Lipinski definition) is 1. The zero-order chi connectivity index (χ0) is 25.5. The average molecular weight is 481 g/mol. The number of Topliss-reactive ketones (excluding diaryl/α,β-unsaturated/α-hetero) is 2. The van der Waals surface area contributed by atoms with E-state index in [9.17, 15) is 24.3 Å². The Hall–Kier alpha value is -3.06. The van der Waals surface area contributed by atoms with Crippen LogP contribution in [-0.4, -0.2) is 40.1 Å². The van der Waals surface area contributed by atoms with E-state index in [4.69, 9.17) is 9.47 Å². The Morgan fingerprint density at radius 1 is 1.17 bits per heavy atom. The summed E-state index contributed by atoms with van der Waals surface area (Å²) in [5, 5.41) is 9.88. The number of ether oxygens (including phenoxy) is 2. The number of ketones is 3. The van der Waals surface area contributed by atoms with Gasteiger partial charge in [0.2, 0.25) is 5.78 Å². The number of carbonyl (C=O) groups is 4. The Morgan fingerprint density at radius 3 is 2.60 bits per heavy atom. The fraction of sp³-hybridized carbons (Fsp3) is 0.500. The third kappa shape index (κ3) is 4.38. The van der Waals surface area contributed by atoms with Gasteiger partial charge in [-0.15, -0.1) is 0 Å². The van der Waals surface area contributed by atoms with Crippen molar-refractivity contribution in [1.29, 1.82) is 0 Å². The minimum Gasteiger partial charge on any atom is -0.464 e. The lowest BCUT2D eigenvalue weighted by Gasteiger charge is -2.32. The van der Waals surface area contributed by atoms with Crippen LogP contribution in [0, 0.1) is 5.92 Å². The molecule has 2 aliphatic heterocycles. The number of rotatable bonds is 8. The molecule has 0 saturated carbocycles. The van der Waals surface area contributed by atoms with Crippen LogP contribution in [0.1, 0.15) is 72.6 Å². The molecule has 0 aromatic heterocycles. The molecule has 0 amide bonds. The third-order valence-corrected chi connectivity index (χ3v) is 7.25. The molecule has 0 radical (unpaired) electrons. The number of fused-ring (bicyclic) bond motifs is 3. The average Bonchev–Trinajstić information content (AvgIpc) is 3.07. The topological polar surface area (TPSA) is 107 Å². The molecule has 3 atom stereocenters. The predicted octanol–water partition coefficient (Wildman–Crippen LogP) is 4.12.